The minimum absolute atomic E-state index is 0.217. The Labute approximate surface area is 160 Å². The van der Waals surface area contributed by atoms with Gasteiger partial charge < -0.3 is 15.0 Å². The van der Waals surface area contributed by atoms with Gasteiger partial charge in [0, 0.05) is 23.0 Å². The monoisotopic (exact) mass is 378 g/mol. The second kappa shape index (κ2) is 7.09. The number of pyridine rings is 1. The molecule has 0 unspecified atom stereocenters. The molecule has 0 bridgehead atoms. The predicted octanol–water partition coefficient (Wildman–Crippen LogP) is 4.96. The largest absolute Gasteiger partial charge is 0.456 e. The number of aromatic nitrogens is 3. The molecule has 2 N–H and O–H groups in total. The number of aryl methyl sites for hydroxylation is 1. The molecular formula is C20H15ClN4O2. The molecule has 0 atom stereocenters. The minimum atomic E-state index is -0.347. The van der Waals surface area contributed by atoms with Crippen LogP contribution in [0.1, 0.15) is 16.2 Å². The maximum absolute atomic E-state index is 12.6. The number of rotatable bonds is 4. The fourth-order valence-corrected chi connectivity index (χ4v) is 2.82. The summed E-state index contributed by atoms with van der Waals surface area (Å²) in [4.78, 5) is 24.0. The van der Waals surface area contributed by atoms with Gasteiger partial charge in [0.05, 0.1) is 17.2 Å². The first kappa shape index (κ1) is 17.1. The Hall–Kier alpha value is -3.38. The van der Waals surface area contributed by atoms with E-state index in [1.165, 1.54) is 0 Å². The van der Waals surface area contributed by atoms with Gasteiger partial charge in [0.1, 0.15) is 11.5 Å². The first-order valence-electron chi connectivity index (χ1n) is 8.24. The Balaban J connectivity index is 1.54. The molecule has 0 radical (unpaired) electrons. The molecule has 2 heterocycles. The van der Waals surface area contributed by atoms with Crippen LogP contribution in [0, 0.1) is 6.92 Å². The van der Waals surface area contributed by atoms with Crippen molar-refractivity contribution >= 4 is 34.2 Å². The highest BCUT2D eigenvalue weighted by molar-refractivity contribution is 6.32. The van der Waals surface area contributed by atoms with Crippen molar-refractivity contribution in [2.75, 3.05) is 5.32 Å². The third kappa shape index (κ3) is 3.61. The second-order valence-corrected chi connectivity index (χ2v) is 6.33. The fourth-order valence-electron chi connectivity index (χ4n) is 2.67. The molecule has 0 saturated heterocycles. The van der Waals surface area contributed by atoms with E-state index in [0.717, 1.165) is 11.1 Å². The van der Waals surface area contributed by atoms with E-state index < -0.39 is 0 Å². The standard InChI is InChI=1S/C20H15ClN4O2/c1-12-16(21)7-8-17-18(12)25-19(24-17)20(26)23-13-4-2-5-14(10-13)27-15-6-3-9-22-11-15/h2-11H,1H3,(H,23,26)(H,24,25). The normalized spacial score (nSPS) is 10.7. The van der Waals surface area contributed by atoms with Crippen molar-refractivity contribution in [3.63, 3.8) is 0 Å². The molecule has 0 aliphatic rings. The van der Waals surface area contributed by atoms with Crippen molar-refractivity contribution in [2.45, 2.75) is 6.92 Å². The molecule has 2 aromatic heterocycles. The van der Waals surface area contributed by atoms with Gasteiger partial charge in [0.15, 0.2) is 5.82 Å². The average Bonchev–Trinajstić information content (AvgIpc) is 3.11. The highest BCUT2D eigenvalue weighted by Gasteiger charge is 2.14. The van der Waals surface area contributed by atoms with E-state index in [-0.39, 0.29) is 11.7 Å². The lowest BCUT2D eigenvalue weighted by molar-refractivity contribution is 0.101. The second-order valence-electron chi connectivity index (χ2n) is 5.93. The van der Waals surface area contributed by atoms with Crippen molar-refractivity contribution in [1.82, 2.24) is 15.0 Å². The molecule has 0 spiro atoms. The van der Waals surface area contributed by atoms with Gasteiger partial charge in [-0.2, -0.15) is 0 Å². The maximum atomic E-state index is 12.6. The highest BCUT2D eigenvalue weighted by atomic mass is 35.5. The van der Waals surface area contributed by atoms with Gasteiger partial charge in [0.25, 0.3) is 5.91 Å². The van der Waals surface area contributed by atoms with Crippen molar-refractivity contribution in [2.24, 2.45) is 0 Å². The van der Waals surface area contributed by atoms with Crippen LogP contribution in [-0.4, -0.2) is 20.9 Å². The molecule has 4 rings (SSSR count). The quantitative estimate of drug-likeness (QED) is 0.525. The zero-order chi connectivity index (χ0) is 18.8. The van der Waals surface area contributed by atoms with E-state index in [0.29, 0.717) is 27.7 Å². The van der Waals surface area contributed by atoms with E-state index in [9.17, 15) is 4.79 Å². The zero-order valence-corrected chi connectivity index (χ0v) is 15.1. The van der Waals surface area contributed by atoms with Crippen LogP contribution in [0.4, 0.5) is 5.69 Å². The molecule has 6 nitrogen and oxygen atoms in total. The lowest BCUT2D eigenvalue weighted by Gasteiger charge is -2.08. The van der Waals surface area contributed by atoms with Crippen LogP contribution >= 0.6 is 11.6 Å². The van der Waals surface area contributed by atoms with Crippen molar-refractivity contribution in [1.29, 1.82) is 0 Å². The van der Waals surface area contributed by atoms with Crippen LogP contribution in [-0.2, 0) is 0 Å². The topological polar surface area (TPSA) is 79.9 Å². The molecule has 27 heavy (non-hydrogen) atoms. The van der Waals surface area contributed by atoms with E-state index >= 15 is 0 Å². The number of hydrogen-bond donors (Lipinski definition) is 2. The smallest absolute Gasteiger partial charge is 0.291 e. The fraction of sp³-hybridized carbons (Fsp3) is 0.0500. The Bertz CT molecular complexity index is 1130. The number of fused-ring (bicyclic) bond motifs is 1. The first-order valence-corrected chi connectivity index (χ1v) is 8.62. The Morgan fingerprint density at radius 2 is 2.00 bits per heavy atom. The van der Waals surface area contributed by atoms with Gasteiger partial charge in [-0.25, -0.2) is 4.98 Å². The van der Waals surface area contributed by atoms with E-state index in [1.54, 1.807) is 60.9 Å². The number of anilines is 1. The number of amides is 1. The molecule has 0 aliphatic heterocycles. The molecule has 0 aliphatic carbocycles. The number of carbonyl (C=O) groups is 1. The van der Waals surface area contributed by atoms with Crippen molar-refractivity contribution < 1.29 is 9.53 Å². The molecule has 2 aromatic carbocycles. The maximum Gasteiger partial charge on any atom is 0.291 e. The summed E-state index contributed by atoms with van der Waals surface area (Å²) in [5.74, 6) is 1.08. The van der Waals surface area contributed by atoms with E-state index in [2.05, 4.69) is 20.3 Å². The number of nitrogens with one attached hydrogen (secondary N) is 2. The van der Waals surface area contributed by atoms with E-state index in [1.807, 2.05) is 6.92 Å². The number of halogens is 1. The summed E-state index contributed by atoms with van der Waals surface area (Å²) in [6, 6.07) is 14.3. The lowest BCUT2D eigenvalue weighted by atomic mass is 10.2. The molecule has 134 valence electrons. The van der Waals surface area contributed by atoms with Gasteiger partial charge in [-0.3, -0.25) is 9.78 Å². The van der Waals surface area contributed by atoms with Crippen LogP contribution in [0.3, 0.4) is 0 Å². The Morgan fingerprint density at radius 3 is 2.81 bits per heavy atom. The molecule has 0 saturated carbocycles. The van der Waals surface area contributed by atoms with Crippen LogP contribution in [0.25, 0.3) is 11.0 Å². The average molecular weight is 379 g/mol. The summed E-state index contributed by atoms with van der Waals surface area (Å²) in [7, 11) is 0. The summed E-state index contributed by atoms with van der Waals surface area (Å²) in [6.07, 6.45) is 3.29. The number of imidazole rings is 1. The number of H-pyrrole nitrogens is 1. The van der Waals surface area contributed by atoms with Gasteiger partial charge >= 0.3 is 0 Å². The molecule has 1 amide bonds. The number of carbonyl (C=O) groups excluding carboxylic acids is 1. The van der Waals surface area contributed by atoms with Gasteiger partial charge in [-0.1, -0.05) is 17.7 Å². The third-order valence-corrected chi connectivity index (χ3v) is 4.43. The molecular weight excluding hydrogens is 364 g/mol. The van der Waals surface area contributed by atoms with Crippen LogP contribution in [0.5, 0.6) is 11.5 Å². The minimum Gasteiger partial charge on any atom is -0.456 e. The Morgan fingerprint density at radius 1 is 1.15 bits per heavy atom. The summed E-state index contributed by atoms with van der Waals surface area (Å²) >= 11 is 6.12. The number of nitrogens with zero attached hydrogens (tertiary/aromatic N) is 2. The number of hydrogen-bond acceptors (Lipinski definition) is 4. The summed E-state index contributed by atoms with van der Waals surface area (Å²) in [5.41, 5.74) is 2.87. The SMILES string of the molecule is Cc1c(Cl)ccc2[nH]c(C(=O)Nc3cccc(Oc4cccnc4)c3)nc12. The molecule has 4 aromatic rings. The van der Waals surface area contributed by atoms with Crippen molar-refractivity contribution in [3.8, 4) is 11.5 Å². The summed E-state index contributed by atoms with van der Waals surface area (Å²) < 4.78 is 5.73. The van der Waals surface area contributed by atoms with Crippen LogP contribution in [0.15, 0.2) is 60.9 Å². The number of benzene rings is 2. The number of aromatic amines is 1. The molecule has 0 fully saturated rings. The third-order valence-electron chi connectivity index (χ3n) is 4.02. The van der Waals surface area contributed by atoms with Crippen LogP contribution < -0.4 is 10.1 Å². The Kier molecular flexibility index (Phi) is 4.48. The summed E-state index contributed by atoms with van der Waals surface area (Å²) in [6.45, 7) is 1.87. The van der Waals surface area contributed by atoms with Crippen molar-refractivity contribution in [3.05, 3.63) is 77.3 Å². The molecule has 7 heteroatoms. The predicted molar refractivity (Wildman–Crippen MR) is 105 cm³/mol. The highest BCUT2D eigenvalue weighted by Crippen LogP contribution is 2.25. The van der Waals surface area contributed by atoms with Gasteiger partial charge in [-0.05, 0) is 48.9 Å². The van der Waals surface area contributed by atoms with Gasteiger partial charge in [-0.15, -0.1) is 0 Å². The number of ether oxygens (including phenoxy) is 1. The zero-order valence-electron chi connectivity index (χ0n) is 14.4. The first-order chi connectivity index (χ1) is 13.1. The summed E-state index contributed by atoms with van der Waals surface area (Å²) in [5, 5.41) is 3.43. The lowest BCUT2D eigenvalue weighted by Crippen LogP contribution is -2.13. The van der Waals surface area contributed by atoms with E-state index in [4.69, 9.17) is 16.3 Å². The van der Waals surface area contributed by atoms with Crippen LogP contribution in [0.2, 0.25) is 5.02 Å². The van der Waals surface area contributed by atoms with Gasteiger partial charge in [0.2, 0.25) is 0 Å².